The average molecular weight is 340 g/mol. The number of amides is 2. The second-order valence-electron chi connectivity index (χ2n) is 7.52. The predicted octanol–water partition coefficient (Wildman–Crippen LogP) is 1.89. The summed E-state index contributed by atoms with van der Waals surface area (Å²) in [6, 6.07) is -0.324. The minimum absolute atomic E-state index is 0.0145. The third kappa shape index (κ3) is 3.25. The summed E-state index contributed by atoms with van der Waals surface area (Å²) in [5.74, 6) is 0.793. The molecule has 2 atom stereocenters. The van der Waals surface area contributed by atoms with Gasteiger partial charge in [0.2, 0.25) is 11.8 Å². The molecule has 3 rings (SSSR count). The van der Waals surface area contributed by atoms with E-state index >= 15 is 0 Å². The van der Waals surface area contributed by atoms with Crippen molar-refractivity contribution in [3.05, 3.63) is 0 Å². The Morgan fingerprint density at radius 2 is 2.09 bits per heavy atom. The van der Waals surface area contributed by atoms with Gasteiger partial charge in [0.15, 0.2) is 0 Å². The highest BCUT2D eigenvalue weighted by Gasteiger charge is 2.53. The van der Waals surface area contributed by atoms with Gasteiger partial charge in [-0.2, -0.15) is 0 Å². The van der Waals surface area contributed by atoms with Gasteiger partial charge in [-0.1, -0.05) is 19.3 Å². The molecule has 0 bridgehead atoms. The number of carbonyl (C=O) groups is 2. The van der Waals surface area contributed by atoms with Crippen LogP contribution in [0.3, 0.4) is 0 Å². The summed E-state index contributed by atoms with van der Waals surface area (Å²) in [6.45, 7) is 2.88. The zero-order chi connectivity index (χ0) is 16.5. The predicted molar refractivity (Wildman–Crippen MR) is 91.0 cm³/mol. The van der Waals surface area contributed by atoms with Gasteiger partial charge in [0.1, 0.15) is 6.04 Å². The largest absolute Gasteiger partial charge is 0.396 e. The lowest BCUT2D eigenvalue weighted by Crippen LogP contribution is -2.52. The molecule has 3 fully saturated rings. The molecule has 0 spiro atoms. The van der Waals surface area contributed by atoms with E-state index in [2.05, 4.69) is 12.2 Å². The molecule has 0 aromatic rings. The van der Waals surface area contributed by atoms with Crippen molar-refractivity contribution in [1.82, 2.24) is 10.2 Å². The molecule has 0 aromatic heterocycles. The fourth-order valence-electron chi connectivity index (χ4n) is 4.46. The van der Waals surface area contributed by atoms with Crippen LogP contribution in [0.5, 0.6) is 0 Å². The lowest BCUT2D eigenvalue weighted by molar-refractivity contribution is -0.138. The van der Waals surface area contributed by atoms with Crippen molar-refractivity contribution >= 4 is 23.6 Å². The van der Waals surface area contributed by atoms with E-state index in [0.29, 0.717) is 18.7 Å². The first kappa shape index (κ1) is 17.1. The van der Waals surface area contributed by atoms with Crippen molar-refractivity contribution < 1.29 is 14.7 Å². The van der Waals surface area contributed by atoms with Gasteiger partial charge < -0.3 is 15.3 Å². The topological polar surface area (TPSA) is 69.6 Å². The number of nitrogens with zero attached hydrogens (tertiary/aromatic N) is 1. The minimum atomic E-state index is -0.324. The highest BCUT2D eigenvalue weighted by Crippen LogP contribution is 2.47. The molecule has 1 aliphatic carbocycles. The molecule has 0 radical (unpaired) electrons. The standard InChI is InChI=1S/C17H28N2O3S/c1-16-8-5-14(21)19(16)13(11-23-16)15(22)18-12-17(9-10-20)6-3-2-4-7-17/h13,20H,2-12H2,1H3,(H,18,22)/t13-,16-/m0/s1. The van der Waals surface area contributed by atoms with Gasteiger partial charge in [0, 0.05) is 25.3 Å². The molecule has 5 nitrogen and oxygen atoms in total. The number of hydrogen-bond acceptors (Lipinski definition) is 4. The lowest BCUT2D eigenvalue weighted by Gasteiger charge is -2.38. The Labute approximate surface area is 142 Å². The Morgan fingerprint density at radius 1 is 1.35 bits per heavy atom. The number of rotatable bonds is 5. The van der Waals surface area contributed by atoms with Crippen molar-refractivity contribution in [2.75, 3.05) is 18.9 Å². The molecule has 23 heavy (non-hydrogen) atoms. The smallest absolute Gasteiger partial charge is 0.243 e. The summed E-state index contributed by atoms with van der Waals surface area (Å²) in [5.41, 5.74) is 0.0483. The van der Waals surface area contributed by atoms with Crippen LogP contribution in [0.25, 0.3) is 0 Å². The van der Waals surface area contributed by atoms with Crippen LogP contribution in [0.1, 0.15) is 58.3 Å². The Hall–Kier alpha value is -0.750. The van der Waals surface area contributed by atoms with Crippen LogP contribution in [0.4, 0.5) is 0 Å². The van der Waals surface area contributed by atoms with Crippen molar-refractivity contribution in [1.29, 1.82) is 0 Å². The minimum Gasteiger partial charge on any atom is -0.396 e. The summed E-state index contributed by atoms with van der Waals surface area (Å²) in [5, 5.41) is 12.5. The molecule has 2 heterocycles. The van der Waals surface area contributed by atoms with Gasteiger partial charge in [-0.3, -0.25) is 9.59 Å². The number of hydrogen-bond donors (Lipinski definition) is 2. The monoisotopic (exact) mass is 340 g/mol. The van der Waals surface area contributed by atoms with E-state index in [-0.39, 0.29) is 34.7 Å². The summed E-state index contributed by atoms with van der Waals surface area (Å²) < 4.78 is 0. The molecule has 0 unspecified atom stereocenters. The van der Waals surface area contributed by atoms with Crippen molar-refractivity contribution in [2.24, 2.45) is 5.41 Å². The number of thioether (sulfide) groups is 1. The first-order valence-corrected chi connectivity index (χ1v) is 9.83. The Morgan fingerprint density at radius 3 is 2.78 bits per heavy atom. The van der Waals surface area contributed by atoms with Crippen LogP contribution in [0.15, 0.2) is 0 Å². The molecule has 3 aliphatic rings. The third-order valence-electron chi connectivity index (χ3n) is 5.94. The molecule has 1 saturated carbocycles. The summed E-state index contributed by atoms with van der Waals surface area (Å²) >= 11 is 1.73. The third-order valence-corrected chi connectivity index (χ3v) is 7.45. The SMILES string of the molecule is C[C@]12CCC(=O)N1[C@H](C(=O)NCC1(CCO)CCCCC1)CS2. The van der Waals surface area contributed by atoms with Gasteiger partial charge >= 0.3 is 0 Å². The van der Waals surface area contributed by atoms with E-state index in [1.54, 1.807) is 11.8 Å². The zero-order valence-corrected chi connectivity index (χ0v) is 14.8. The van der Waals surface area contributed by atoms with Crippen LogP contribution in [-0.4, -0.2) is 51.6 Å². The van der Waals surface area contributed by atoms with Crippen LogP contribution < -0.4 is 5.32 Å². The van der Waals surface area contributed by atoms with E-state index in [0.717, 1.165) is 25.7 Å². The Balaban J connectivity index is 1.61. The summed E-state index contributed by atoms with van der Waals surface area (Å²) in [7, 11) is 0. The van der Waals surface area contributed by atoms with Crippen LogP contribution in [0.2, 0.25) is 0 Å². The van der Waals surface area contributed by atoms with Crippen molar-refractivity contribution in [3.8, 4) is 0 Å². The second kappa shape index (κ2) is 6.63. The number of fused-ring (bicyclic) bond motifs is 1. The van der Waals surface area contributed by atoms with Crippen LogP contribution in [0, 0.1) is 5.41 Å². The maximum atomic E-state index is 12.7. The normalized spacial score (nSPS) is 32.9. The van der Waals surface area contributed by atoms with Crippen LogP contribution in [-0.2, 0) is 9.59 Å². The van der Waals surface area contributed by atoms with E-state index in [4.69, 9.17) is 0 Å². The molecule has 2 aliphatic heterocycles. The van der Waals surface area contributed by atoms with Gasteiger partial charge in [-0.25, -0.2) is 0 Å². The maximum Gasteiger partial charge on any atom is 0.243 e. The molecule has 130 valence electrons. The molecule has 2 amide bonds. The highest BCUT2D eigenvalue weighted by molar-refractivity contribution is 8.01. The number of carbonyl (C=O) groups excluding carboxylic acids is 2. The lowest BCUT2D eigenvalue weighted by atomic mass is 9.72. The second-order valence-corrected chi connectivity index (χ2v) is 9.02. The van der Waals surface area contributed by atoms with Crippen molar-refractivity contribution in [3.63, 3.8) is 0 Å². The van der Waals surface area contributed by atoms with E-state index < -0.39 is 0 Å². The zero-order valence-electron chi connectivity index (χ0n) is 14.0. The summed E-state index contributed by atoms with van der Waals surface area (Å²) in [6.07, 6.45) is 7.92. The number of aliphatic hydroxyl groups excluding tert-OH is 1. The molecular weight excluding hydrogens is 312 g/mol. The van der Waals surface area contributed by atoms with Crippen molar-refractivity contribution in [2.45, 2.75) is 69.2 Å². The molecule has 0 aromatic carbocycles. The molecular formula is C17H28N2O3S. The number of nitrogens with one attached hydrogen (secondary N) is 1. The molecule has 2 N–H and O–H groups in total. The molecule has 2 saturated heterocycles. The van der Waals surface area contributed by atoms with E-state index in [1.807, 2.05) is 4.90 Å². The number of aliphatic hydroxyl groups is 1. The Kier molecular flexibility index (Phi) is 4.93. The van der Waals surface area contributed by atoms with Crippen LogP contribution >= 0.6 is 11.8 Å². The van der Waals surface area contributed by atoms with Gasteiger partial charge in [-0.15, -0.1) is 11.8 Å². The average Bonchev–Trinajstić information content (AvgIpc) is 3.03. The quantitative estimate of drug-likeness (QED) is 0.802. The maximum absolute atomic E-state index is 12.7. The van der Waals surface area contributed by atoms with E-state index in [1.165, 1.54) is 19.3 Å². The van der Waals surface area contributed by atoms with Gasteiger partial charge in [0.05, 0.1) is 4.87 Å². The Bertz CT molecular complexity index is 473. The fourth-order valence-corrected chi connectivity index (χ4v) is 5.89. The molecule has 6 heteroatoms. The fraction of sp³-hybridized carbons (Fsp3) is 0.882. The first-order valence-electron chi connectivity index (χ1n) is 8.84. The van der Waals surface area contributed by atoms with Gasteiger partial charge in [-0.05, 0) is 38.0 Å². The van der Waals surface area contributed by atoms with Gasteiger partial charge in [0.25, 0.3) is 0 Å². The first-order chi connectivity index (χ1) is 11.0. The highest BCUT2D eigenvalue weighted by atomic mass is 32.2. The van der Waals surface area contributed by atoms with E-state index in [9.17, 15) is 14.7 Å². The summed E-state index contributed by atoms with van der Waals surface area (Å²) in [4.78, 5) is 26.5.